The summed E-state index contributed by atoms with van der Waals surface area (Å²) in [5.41, 5.74) is 1.80. The van der Waals surface area contributed by atoms with Crippen LogP contribution < -0.4 is 21.3 Å². The van der Waals surface area contributed by atoms with Crippen molar-refractivity contribution in [2.75, 3.05) is 7.11 Å². The summed E-state index contributed by atoms with van der Waals surface area (Å²) in [6, 6.07) is 15.2. The van der Waals surface area contributed by atoms with Gasteiger partial charge in [-0.2, -0.15) is 0 Å². The quantitative estimate of drug-likeness (QED) is 0.153. The molecular formula is C35H50N4O8. The number of methoxy groups -OCH3 is 1. The van der Waals surface area contributed by atoms with E-state index in [0.29, 0.717) is 12.8 Å². The maximum absolute atomic E-state index is 13.1. The zero-order valence-electron chi connectivity index (χ0n) is 28.2. The molecule has 0 aliphatic rings. The Morgan fingerprint density at radius 2 is 1.28 bits per heavy atom. The third kappa shape index (κ3) is 13.8. The smallest absolute Gasteiger partial charge is 0.408 e. The lowest BCUT2D eigenvalue weighted by atomic mass is 9.97. The number of carbonyl (C=O) groups is 5. The van der Waals surface area contributed by atoms with E-state index in [2.05, 4.69) is 21.3 Å². The van der Waals surface area contributed by atoms with Gasteiger partial charge in [0.1, 0.15) is 24.7 Å². The van der Waals surface area contributed by atoms with Gasteiger partial charge < -0.3 is 35.8 Å². The minimum atomic E-state index is -1.11. The molecule has 258 valence electrons. The third-order valence-corrected chi connectivity index (χ3v) is 7.67. The van der Waals surface area contributed by atoms with Crippen molar-refractivity contribution in [3.8, 4) is 0 Å². The van der Waals surface area contributed by atoms with Gasteiger partial charge in [0.2, 0.25) is 17.7 Å². The lowest BCUT2D eigenvalue weighted by Crippen LogP contribution is -2.55. The number of nitrogens with one attached hydrogen (secondary N) is 4. The molecule has 47 heavy (non-hydrogen) atoms. The van der Waals surface area contributed by atoms with Crippen molar-refractivity contribution in [2.45, 2.75) is 97.2 Å². The number of ether oxygens (including phenoxy) is 2. The number of benzene rings is 2. The van der Waals surface area contributed by atoms with E-state index in [1.807, 2.05) is 60.7 Å². The summed E-state index contributed by atoms with van der Waals surface area (Å²) in [7, 11) is 1.24. The summed E-state index contributed by atoms with van der Waals surface area (Å²) in [6.07, 6.45) is -1.09. The second-order valence-corrected chi connectivity index (χ2v) is 12.2. The Hall–Kier alpha value is -4.45. The molecule has 0 saturated carbocycles. The van der Waals surface area contributed by atoms with Gasteiger partial charge in [0.05, 0.1) is 19.3 Å². The Balaban J connectivity index is 2.01. The SMILES string of the molecule is COC(=O)C(NC(=O)C(NC(=O)CC[C@H](O)[C@H](CCc1ccccc1)NC(=O)[C@H](C)NC(=O)OCc1ccccc1)C(C)C)C(C)C. The number of aliphatic hydroxyl groups is 1. The fraction of sp³-hybridized carbons (Fsp3) is 0.514. The summed E-state index contributed by atoms with van der Waals surface area (Å²) in [5, 5.41) is 21.8. The molecule has 0 bridgehead atoms. The molecule has 2 unspecified atom stereocenters. The molecule has 0 fully saturated rings. The van der Waals surface area contributed by atoms with Crippen LogP contribution in [0.4, 0.5) is 4.79 Å². The number of rotatable bonds is 18. The first-order chi connectivity index (χ1) is 22.3. The first kappa shape index (κ1) is 38.7. The number of alkyl carbamates (subject to hydrolysis) is 1. The molecule has 12 nitrogen and oxygen atoms in total. The highest BCUT2D eigenvalue weighted by Gasteiger charge is 2.31. The summed E-state index contributed by atoms with van der Waals surface area (Å²) in [5.74, 6) is -2.62. The van der Waals surface area contributed by atoms with Crippen LogP contribution in [0.3, 0.4) is 0 Å². The molecule has 5 atom stereocenters. The van der Waals surface area contributed by atoms with E-state index in [-0.39, 0.29) is 31.3 Å². The Morgan fingerprint density at radius 1 is 0.702 bits per heavy atom. The first-order valence-corrected chi connectivity index (χ1v) is 16.0. The van der Waals surface area contributed by atoms with Crippen LogP contribution in [0.1, 0.15) is 65.0 Å². The van der Waals surface area contributed by atoms with Crippen molar-refractivity contribution < 1.29 is 38.6 Å². The first-order valence-electron chi connectivity index (χ1n) is 16.0. The summed E-state index contributed by atoms with van der Waals surface area (Å²) >= 11 is 0. The molecule has 12 heteroatoms. The minimum absolute atomic E-state index is 0.00426. The van der Waals surface area contributed by atoms with Gasteiger partial charge in [0.15, 0.2) is 0 Å². The second kappa shape index (κ2) is 19.9. The highest BCUT2D eigenvalue weighted by molar-refractivity contribution is 5.91. The molecule has 0 radical (unpaired) electrons. The van der Waals surface area contributed by atoms with E-state index in [1.54, 1.807) is 27.7 Å². The van der Waals surface area contributed by atoms with Crippen LogP contribution in [0.15, 0.2) is 60.7 Å². The summed E-state index contributed by atoms with van der Waals surface area (Å²) in [6.45, 7) is 8.63. The lowest BCUT2D eigenvalue weighted by Gasteiger charge is -2.27. The van der Waals surface area contributed by atoms with Crippen molar-refractivity contribution in [1.29, 1.82) is 0 Å². The molecule has 2 aromatic carbocycles. The number of hydrogen-bond donors (Lipinski definition) is 5. The van der Waals surface area contributed by atoms with Crippen molar-refractivity contribution in [2.24, 2.45) is 11.8 Å². The van der Waals surface area contributed by atoms with Gasteiger partial charge in [0.25, 0.3) is 0 Å². The molecule has 0 saturated heterocycles. The Bertz CT molecular complexity index is 1290. The van der Waals surface area contributed by atoms with E-state index in [9.17, 15) is 29.1 Å². The Kier molecular flexibility index (Phi) is 16.4. The maximum Gasteiger partial charge on any atom is 0.408 e. The van der Waals surface area contributed by atoms with Crippen LogP contribution in [0.5, 0.6) is 0 Å². The molecule has 0 heterocycles. The monoisotopic (exact) mass is 654 g/mol. The number of amides is 4. The fourth-order valence-electron chi connectivity index (χ4n) is 4.77. The van der Waals surface area contributed by atoms with E-state index < -0.39 is 60.1 Å². The zero-order chi connectivity index (χ0) is 34.9. The predicted molar refractivity (Wildman–Crippen MR) is 177 cm³/mol. The van der Waals surface area contributed by atoms with Gasteiger partial charge >= 0.3 is 12.1 Å². The average molecular weight is 655 g/mol. The topological polar surface area (TPSA) is 172 Å². The van der Waals surface area contributed by atoms with E-state index in [0.717, 1.165) is 11.1 Å². The van der Waals surface area contributed by atoms with Gasteiger partial charge in [-0.25, -0.2) is 9.59 Å². The maximum atomic E-state index is 13.1. The van der Waals surface area contributed by atoms with Crippen molar-refractivity contribution >= 4 is 29.8 Å². The minimum Gasteiger partial charge on any atom is -0.467 e. The zero-order valence-corrected chi connectivity index (χ0v) is 28.2. The van der Waals surface area contributed by atoms with E-state index in [1.165, 1.54) is 14.0 Å². The third-order valence-electron chi connectivity index (χ3n) is 7.67. The van der Waals surface area contributed by atoms with Crippen LogP contribution >= 0.6 is 0 Å². The van der Waals surface area contributed by atoms with Crippen molar-refractivity contribution in [1.82, 2.24) is 21.3 Å². The predicted octanol–water partition coefficient (Wildman–Crippen LogP) is 3.01. The largest absolute Gasteiger partial charge is 0.467 e. The van der Waals surface area contributed by atoms with Gasteiger partial charge in [0, 0.05) is 6.42 Å². The van der Waals surface area contributed by atoms with Gasteiger partial charge in [-0.1, -0.05) is 88.4 Å². The molecule has 0 aliphatic heterocycles. The van der Waals surface area contributed by atoms with Gasteiger partial charge in [-0.3, -0.25) is 14.4 Å². The van der Waals surface area contributed by atoms with Crippen molar-refractivity contribution in [3.63, 3.8) is 0 Å². The van der Waals surface area contributed by atoms with E-state index >= 15 is 0 Å². The Morgan fingerprint density at radius 3 is 1.83 bits per heavy atom. The molecular weight excluding hydrogens is 604 g/mol. The number of carbonyl (C=O) groups excluding carboxylic acids is 5. The second-order valence-electron chi connectivity index (χ2n) is 12.2. The lowest BCUT2D eigenvalue weighted by molar-refractivity contribution is -0.146. The number of aryl methyl sites for hydroxylation is 1. The standard InChI is InChI=1S/C35H50N4O8/c1-22(2)30(33(43)39-31(23(3)4)34(44)46-6)38-29(41)20-19-28(40)27(18-17-25-13-9-7-10-14-25)37-32(42)24(5)36-35(45)47-21-26-15-11-8-12-16-26/h7-16,22-24,27-28,30-31,40H,17-21H2,1-6H3,(H,36,45)(H,37,42)(H,38,41)(H,39,43)/t24-,27-,28-,30?,31?/m0/s1. The van der Waals surface area contributed by atoms with Crippen LogP contribution in [0.25, 0.3) is 0 Å². The van der Waals surface area contributed by atoms with E-state index in [4.69, 9.17) is 9.47 Å². The molecule has 4 amide bonds. The van der Waals surface area contributed by atoms with Gasteiger partial charge in [-0.15, -0.1) is 0 Å². The van der Waals surface area contributed by atoms with Gasteiger partial charge in [-0.05, 0) is 49.1 Å². The molecule has 5 N–H and O–H groups in total. The number of hydrogen-bond acceptors (Lipinski definition) is 8. The van der Waals surface area contributed by atoms with Crippen LogP contribution in [-0.4, -0.2) is 72.3 Å². The fourth-order valence-corrected chi connectivity index (χ4v) is 4.77. The molecule has 0 spiro atoms. The molecule has 0 aliphatic carbocycles. The Labute approximate surface area is 277 Å². The highest BCUT2D eigenvalue weighted by Crippen LogP contribution is 2.13. The summed E-state index contributed by atoms with van der Waals surface area (Å²) < 4.78 is 10.0. The number of esters is 1. The number of aliphatic hydroxyl groups excluding tert-OH is 1. The average Bonchev–Trinajstić information content (AvgIpc) is 3.05. The van der Waals surface area contributed by atoms with Crippen LogP contribution in [0.2, 0.25) is 0 Å². The van der Waals surface area contributed by atoms with Crippen LogP contribution in [0, 0.1) is 11.8 Å². The van der Waals surface area contributed by atoms with Crippen molar-refractivity contribution in [3.05, 3.63) is 71.8 Å². The molecule has 2 rings (SSSR count). The highest BCUT2D eigenvalue weighted by atomic mass is 16.5. The molecule has 2 aromatic rings. The van der Waals surface area contributed by atoms with Crippen LogP contribution in [-0.2, 0) is 41.7 Å². The normalized spacial score (nSPS) is 14.2. The molecule has 0 aromatic heterocycles. The summed E-state index contributed by atoms with van der Waals surface area (Å²) in [4.78, 5) is 63.5.